The fourth-order valence-electron chi connectivity index (χ4n) is 0.867. The lowest BCUT2D eigenvalue weighted by molar-refractivity contribution is -0.790. The van der Waals surface area contributed by atoms with E-state index in [2.05, 4.69) is 5.32 Å². The number of nitrogens with one attached hydrogen (secondary N) is 1. The minimum Gasteiger partial charge on any atom is -0.624 e. The summed E-state index contributed by atoms with van der Waals surface area (Å²) in [4.78, 5) is 10.6. The molecule has 0 aromatic heterocycles. The maximum atomic E-state index is 11.1. The summed E-state index contributed by atoms with van der Waals surface area (Å²) >= 11 is 0. The summed E-state index contributed by atoms with van der Waals surface area (Å²) in [6.45, 7) is 2.62. The van der Waals surface area contributed by atoms with Crippen molar-refractivity contribution in [1.82, 2.24) is 5.32 Å². The number of quaternary nitrogens is 1. The molecule has 0 bridgehead atoms. The third-order valence-electron chi connectivity index (χ3n) is 1.59. The first-order chi connectivity index (χ1) is 4.15. The Hall–Kier alpha value is -0.450. The van der Waals surface area contributed by atoms with Crippen LogP contribution in [0.15, 0.2) is 0 Å². The van der Waals surface area contributed by atoms with Crippen molar-refractivity contribution in [3.8, 4) is 0 Å². The first-order valence-corrected chi connectivity index (χ1v) is 2.95. The Morgan fingerprint density at radius 3 is 2.67 bits per heavy atom. The van der Waals surface area contributed by atoms with Crippen LogP contribution in [0, 0.1) is 5.21 Å². The van der Waals surface area contributed by atoms with E-state index in [4.69, 9.17) is 0 Å². The predicted molar refractivity (Wildman–Crippen MR) is 32.0 cm³/mol. The largest absolute Gasteiger partial charge is 0.624 e. The molecule has 1 aliphatic rings. The monoisotopic (exact) mass is 130 g/mol. The number of carbonyl (C=O) groups excluding carboxylic acids is 1. The summed E-state index contributed by atoms with van der Waals surface area (Å²) < 4.78 is -0.694. The Balaban J connectivity index is 2.61. The van der Waals surface area contributed by atoms with Crippen molar-refractivity contribution in [1.29, 1.82) is 0 Å². The second kappa shape index (κ2) is 2.06. The average molecular weight is 130 g/mol. The zero-order valence-electron chi connectivity index (χ0n) is 5.39. The average Bonchev–Trinajstić information content (AvgIpc) is 2.16. The van der Waals surface area contributed by atoms with E-state index in [9.17, 15) is 10.0 Å². The van der Waals surface area contributed by atoms with Crippen LogP contribution in [0.25, 0.3) is 0 Å². The Labute approximate surface area is 53.6 Å². The highest BCUT2D eigenvalue weighted by molar-refractivity contribution is 5.66. The number of amides is 1. The third-order valence-corrected chi connectivity index (χ3v) is 1.59. The number of carbonyl (C=O) groups is 1. The van der Waals surface area contributed by atoms with Gasteiger partial charge in [0.15, 0.2) is 0 Å². The molecule has 1 saturated heterocycles. The topological polar surface area (TPSA) is 52.2 Å². The third kappa shape index (κ3) is 1.10. The van der Waals surface area contributed by atoms with Gasteiger partial charge in [0.2, 0.25) is 0 Å². The maximum Gasteiger partial charge on any atom is 0.311 e. The second-order valence-electron chi connectivity index (χ2n) is 2.29. The molecule has 0 spiro atoms. The van der Waals surface area contributed by atoms with E-state index >= 15 is 0 Å². The molecule has 1 aliphatic heterocycles. The molecule has 0 aromatic carbocycles. The molecule has 1 unspecified atom stereocenters. The van der Waals surface area contributed by atoms with E-state index in [1.165, 1.54) is 6.92 Å². The van der Waals surface area contributed by atoms with E-state index in [0.29, 0.717) is 13.1 Å². The summed E-state index contributed by atoms with van der Waals surface area (Å²) in [6, 6.07) is 0. The number of hydrogen-bond acceptors (Lipinski definition) is 3. The number of rotatable bonds is 0. The van der Waals surface area contributed by atoms with Gasteiger partial charge in [0.1, 0.15) is 6.67 Å². The van der Waals surface area contributed by atoms with Crippen LogP contribution in [-0.2, 0) is 4.79 Å². The smallest absolute Gasteiger partial charge is 0.311 e. The van der Waals surface area contributed by atoms with Gasteiger partial charge in [0, 0.05) is 0 Å². The van der Waals surface area contributed by atoms with E-state index in [0.717, 1.165) is 0 Å². The van der Waals surface area contributed by atoms with Crippen molar-refractivity contribution in [2.75, 3.05) is 19.8 Å². The molecule has 1 atom stereocenters. The molecule has 52 valence electrons. The van der Waals surface area contributed by atoms with Gasteiger partial charge < -0.3 is 5.21 Å². The van der Waals surface area contributed by atoms with Crippen LogP contribution >= 0.6 is 0 Å². The highest BCUT2D eigenvalue weighted by atomic mass is 16.6. The summed E-state index contributed by atoms with van der Waals surface area (Å²) in [6.07, 6.45) is 0. The number of nitrogens with zero attached hydrogens (tertiary/aromatic N) is 1. The standard InChI is InChI=1S/C5H10N2O2/c1-5(8)7(9)3-2-6-4-7/h6H,2-4H2,1H3. The quantitative estimate of drug-likeness (QED) is 0.352. The second-order valence-corrected chi connectivity index (χ2v) is 2.29. The summed E-state index contributed by atoms with van der Waals surface area (Å²) in [5.74, 6) is -0.306. The number of hydrogen-bond donors (Lipinski definition) is 1. The van der Waals surface area contributed by atoms with Gasteiger partial charge in [-0.25, -0.2) is 4.79 Å². The zero-order chi connectivity index (χ0) is 6.91. The summed E-state index contributed by atoms with van der Waals surface area (Å²) in [5, 5.41) is 14.0. The lowest BCUT2D eigenvalue weighted by Gasteiger charge is -2.32. The zero-order valence-corrected chi connectivity index (χ0v) is 5.39. The molecule has 1 rings (SSSR count). The molecule has 0 saturated carbocycles. The van der Waals surface area contributed by atoms with Crippen LogP contribution in [0.1, 0.15) is 6.92 Å². The molecule has 0 radical (unpaired) electrons. The summed E-state index contributed by atoms with van der Waals surface area (Å²) in [5.41, 5.74) is 0. The minimum absolute atomic E-state index is 0.245. The van der Waals surface area contributed by atoms with E-state index in [-0.39, 0.29) is 12.6 Å². The fourth-order valence-corrected chi connectivity index (χ4v) is 0.867. The molecule has 1 amide bonds. The molecule has 1 fully saturated rings. The van der Waals surface area contributed by atoms with Gasteiger partial charge in [-0.15, -0.1) is 0 Å². The van der Waals surface area contributed by atoms with E-state index in [1.54, 1.807) is 0 Å². The molecule has 1 heterocycles. The predicted octanol–water partition coefficient (Wildman–Crippen LogP) is -0.592. The SMILES string of the molecule is CC(=O)[N+]1([O-])CCNC1. The van der Waals surface area contributed by atoms with Crippen LogP contribution in [-0.4, -0.2) is 30.3 Å². The molecule has 0 aromatic rings. The summed E-state index contributed by atoms with van der Waals surface area (Å²) in [7, 11) is 0. The molecule has 9 heavy (non-hydrogen) atoms. The van der Waals surface area contributed by atoms with E-state index in [1.807, 2.05) is 0 Å². The fraction of sp³-hybridized carbons (Fsp3) is 0.800. The van der Waals surface area contributed by atoms with Crippen LogP contribution < -0.4 is 5.32 Å². The first-order valence-electron chi connectivity index (χ1n) is 2.95. The van der Waals surface area contributed by atoms with Crippen molar-refractivity contribution in [3.63, 3.8) is 0 Å². The molecular weight excluding hydrogens is 120 g/mol. The Morgan fingerprint density at radius 2 is 2.44 bits per heavy atom. The van der Waals surface area contributed by atoms with Gasteiger partial charge in [0.25, 0.3) is 0 Å². The Bertz CT molecular complexity index is 129. The highest BCUT2D eigenvalue weighted by Gasteiger charge is 2.26. The molecule has 1 N–H and O–H groups in total. The molecule has 4 heteroatoms. The van der Waals surface area contributed by atoms with Gasteiger partial charge in [0.05, 0.1) is 20.0 Å². The van der Waals surface area contributed by atoms with Crippen molar-refractivity contribution in [3.05, 3.63) is 5.21 Å². The minimum atomic E-state index is -0.694. The van der Waals surface area contributed by atoms with Gasteiger partial charge in [-0.1, -0.05) is 0 Å². The van der Waals surface area contributed by atoms with Crippen molar-refractivity contribution < 1.29 is 9.44 Å². The molecule has 0 aliphatic carbocycles. The van der Waals surface area contributed by atoms with Crippen molar-refractivity contribution in [2.24, 2.45) is 0 Å². The van der Waals surface area contributed by atoms with Gasteiger partial charge >= 0.3 is 5.91 Å². The lowest BCUT2D eigenvalue weighted by Crippen LogP contribution is -2.44. The first kappa shape index (κ1) is 6.67. The van der Waals surface area contributed by atoms with Crippen LogP contribution in [0.3, 0.4) is 0 Å². The Kier molecular flexibility index (Phi) is 1.52. The van der Waals surface area contributed by atoms with Crippen LogP contribution in [0.2, 0.25) is 0 Å². The lowest BCUT2D eigenvalue weighted by atomic mass is 10.5. The van der Waals surface area contributed by atoms with Gasteiger partial charge in [-0.05, 0) is 0 Å². The Morgan fingerprint density at radius 1 is 1.78 bits per heavy atom. The van der Waals surface area contributed by atoms with Crippen LogP contribution in [0.4, 0.5) is 0 Å². The maximum absolute atomic E-state index is 11.1. The highest BCUT2D eigenvalue weighted by Crippen LogP contribution is 2.06. The molecule has 4 nitrogen and oxygen atoms in total. The van der Waals surface area contributed by atoms with E-state index < -0.39 is 4.65 Å². The van der Waals surface area contributed by atoms with Gasteiger partial charge in [-0.3, -0.25) is 9.96 Å². The van der Waals surface area contributed by atoms with Crippen molar-refractivity contribution >= 4 is 5.91 Å². The normalized spacial score (nSPS) is 34.9. The van der Waals surface area contributed by atoms with Crippen molar-refractivity contribution in [2.45, 2.75) is 6.92 Å². The molecular formula is C5H10N2O2. The van der Waals surface area contributed by atoms with Gasteiger partial charge in [-0.2, -0.15) is 0 Å². The number of hydroxylamine groups is 3. The van der Waals surface area contributed by atoms with Crippen LogP contribution in [0.5, 0.6) is 0 Å².